The highest BCUT2D eigenvalue weighted by Gasteiger charge is 2.17. The van der Waals surface area contributed by atoms with Crippen LogP contribution in [0.25, 0.3) is 0 Å². The van der Waals surface area contributed by atoms with Gasteiger partial charge in [-0.25, -0.2) is 0 Å². The van der Waals surface area contributed by atoms with Crippen molar-refractivity contribution in [1.29, 1.82) is 0 Å². The Bertz CT molecular complexity index is 636. The van der Waals surface area contributed by atoms with Gasteiger partial charge in [0.25, 0.3) is 5.56 Å². The second-order valence-electron chi connectivity index (χ2n) is 7.87. The summed E-state index contributed by atoms with van der Waals surface area (Å²) in [5.74, 6) is -1.46. The number of hydrogen-bond donors (Lipinski definition) is 2. The minimum Gasteiger partial charge on any atom is -0.504 e. The summed E-state index contributed by atoms with van der Waals surface area (Å²) in [6.07, 6.45) is 17.5. The van der Waals surface area contributed by atoms with Crippen LogP contribution in [0, 0.1) is 0 Å². The van der Waals surface area contributed by atoms with Crippen LogP contribution in [-0.2, 0) is 6.54 Å². The minimum atomic E-state index is -0.535. The van der Waals surface area contributed by atoms with E-state index >= 15 is 0 Å². The highest BCUT2D eigenvalue weighted by atomic mass is 16.3. The Hall–Kier alpha value is -1.78. The second kappa shape index (κ2) is 14.3. The molecule has 0 radical (unpaired) electrons. The van der Waals surface area contributed by atoms with Crippen molar-refractivity contribution < 1.29 is 15.0 Å². The fourth-order valence-electron chi connectivity index (χ4n) is 3.67. The summed E-state index contributed by atoms with van der Waals surface area (Å²) in [5.41, 5.74) is -0.546. The summed E-state index contributed by atoms with van der Waals surface area (Å²) < 4.78 is 1.28. The third-order valence-electron chi connectivity index (χ3n) is 5.33. The number of unbranched alkanes of at least 4 members (excludes halogenated alkanes) is 13. The molecule has 28 heavy (non-hydrogen) atoms. The van der Waals surface area contributed by atoms with Gasteiger partial charge in [-0.15, -0.1) is 0 Å². The monoisotopic (exact) mass is 393 g/mol. The largest absolute Gasteiger partial charge is 0.504 e. The highest BCUT2D eigenvalue weighted by Crippen LogP contribution is 2.27. The number of nitrogens with zero attached hydrogens (tertiary/aromatic N) is 1. The normalized spacial score (nSPS) is 11.1. The molecule has 1 rings (SSSR count). The Morgan fingerprint density at radius 2 is 1.25 bits per heavy atom. The zero-order chi connectivity index (χ0) is 20.8. The average Bonchev–Trinajstić information content (AvgIpc) is 2.65. The quantitative estimate of drug-likeness (QED) is 0.269. The topological polar surface area (TPSA) is 79.5 Å². The Kier molecular flexibility index (Phi) is 12.3. The van der Waals surface area contributed by atoms with Crippen LogP contribution in [-0.4, -0.2) is 20.6 Å². The first kappa shape index (κ1) is 24.3. The Balaban J connectivity index is 2.13. The van der Waals surface area contributed by atoms with Crippen molar-refractivity contribution in [2.24, 2.45) is 0 Å². The van der Waals surface area contributed by atoms with E-state index in [0.29, 0.717) is 6.54 Å². The van der Waals surface area contributed by atoms with E-state index in [1.54, 1.807) is 0 Å². The van der Waals surface area contributed by atoms with Crippen LogP contribution in [0.1, 0.15) is 114 Å². The number of hydrogen-bond acceptors (Lipinski definition) is 4. The van der Waals surface area contributed by atoms with Gasteiger partial charge >= 0.3 is 0 Å². The van der Waals surface area contributed by atoms with E-state index in [9.17, 15) is 19.8 Å². The third-order valence-corrected chi connectivity index (χ3v) is 5.33. The molecule has 2 N–H and O–H groups in total. The molecule has 0 saturated carbocycles. The van der Waals surface area contributed by atoms with Crippen molar-refractivity contribution in [2.45, 2.75) is 110 Å². The minimum absolute atomic E-state index is 0.0975. The molecule has 0 unspecified atom stereocenters. The molecule has 160 valence electrons. The van der Waals surface area contributed by atoms with Crippen molar-refractivity contribution >= 4 is 5.78 Å². The molecule has 0 aliphatic rings. The molecule has 0 fully saturated rings. The molecular weight excluding hydrogens is 354 g/mol. The number of ketones is 1. The second-order valence-corrected chi connectivity index (χ2v) is 7.87. The number of pyridine rings is 1. The van der Waals surface area contributed by atoms with Crippen LogP contribution in [0.5, 0.6) is 11.5 Å². The molecule has 0 aliphatic carbocycles. The molecule has 5 nitrogen and oxygen atoms in total. The molecule has 0 aromatic carbocycles. The summed E-state index contributed by atoms with van der Waals surface area (Å²) >= 11 is 0. The van der Waals surface area contributed by atoms with Crippen LogP contribution in [0.15, 0.2) is 10.9 Å². The van der Waals surface area contributed by atoms with Gasteiger partial charge in [0.15, 0.2) is 17.3 Å². The van der Waals surface area contributed by atoms with Gasteiger partial charge in [-0.2, -0.15) is 0 Å². The number of aromatic nitrogens is 1. The van der Waals surface area contributed by atoms with E-state index in [1.807, 2.05) is 0 Å². The fraction of sp³-hybridized carbons (Fsp3) is 0.739. The smallest absolute Gasteiger partial charge is 0.255 e. The highest BCUT2D eigenvalue weighted by molar-refractivity contribution is 5.95. The molecule has 0 aliphatic heterocycles. The fourth-order valence-corrected chi connectivity index (χ4v) is 3.67. The number of Topliss-reactive ketones (excluding diaryl/α,β-unsaturated/α-hetero) is 1. The lowest BCUT2D eigenvalue weighted by atomic mass is 10.0. The number of rotatable bonds is 16. The van der Waals surface area contributed by atoms with Gasteiger partial charge in [-0.3, -0.25) is 9.59 Å². The summed E-state index contributed by atoms with van der Waals surface area (Å²) in [6.45, 7) is 3.93. The molecule has 1 heterocycles. The van der Waals surface area contributed by atoms with Crippen molar-refractivity contribution in [1.82, 2.24) is 4.57 Å². The summed E-state index contributed by atoms with van der Waals surface area (Å²) in [4.78, 5) is 23.7. The molecular formula is C23H39NO4. The van der Waals surface area contributed by atoms with Crippen LogP contribution in [0.2, 0.25) is 0 Å². The first-order chi connectivity index (χ1) is 13.5. The van der Waals surface area contributed by atoms with Gasteiger partial charge in [0, 0.05) is 19.5 Å². The van der Waals surface area contributed by atoms with Crippen molar-refractivity contribution in [3.05, 3.63) is 22.1 Å². The van der Waals surface area contributed by atoms with Gasteiger partial charge in [-0.1, -0.05) is 90.4 Å². The van der Waals surface area contributed by atoms with Crippen molar-refractivity contribution in [3.63, 3.8) is 0 Å². The zero-order valence-electron chi connectivity index (χ0n) is 17.8. The molecule has 0 saturated heterocycles. The lowest BCUT2D eigenvalue weighted by Gasteiger charge is -2.13. The third kappa shape index (κ3) is 8.94. The molecule has 0 amide bonds. The molecule has 1 aromatic rings. The van der Waals surface area contributed by atoms with E-state index in [1.165, 1.54) is 82.1 Å². The summed E-state index contributed by atoms with van der Waals surface area (Å²) in [7, 11) is 0. The summed E-state index contributed by atoms with van der Waals surface area (Å²) in [5, 5.41) is 19.4. The number of aromatic hydroxyl groups is 2. The first-order valence-corrected chi connectivity index (χ1v) is 11.2. The van der Waals surface area contributed by atoms with Gasteiger partial charge in [0.1, 0.15) is 5.69 Å². The van der Waals surface area contributed by atoms with Crippen molar-refractivity contribution in [3.8, 4) is 11.5 Å². The summed E-state index contributed by atoms with van der Waals surface area (Å²) in [6, 6.07) is 0.964. The van der Waals surface area contributed by atoms with Gasteiger partial charge in [0.2, 0.25) is 0 Å². The number of carbonyl (C=O) groups excluding carboxylic acids is 1. The van der Waals surface area contributed by atoms with Gasteiger partial charge in [0.05, 0.1) is 0 Å². The zero-order valence-corrected chi connectivity index (χ0v) is 17.8. The lowest BCUT2D eigenvalue weighted by Crippen LogP contribution is -2.24. The van der Waals surface area contributed by atoms with Gasteiger partial charge in [-0.05, 0) is 6.42 Å². The average molecular weight is 394 g/mol. The number of carbonyl (C=O) groups is 1. The Morgan fingerprint density at radius 3 is 1.68 bits per heavy atom. The van der Waals surface area contributed by atoms with Crippen LogP contribution in [0.3, 0.4) is 0 Å². The molecule has 0 atom stereocenters. The molecule has 1 aromatic heterocycles. The SMILES string of the molecule is CCCCCCCCCCCCCCCCn1c(C(C)=O)c(O)c(O)cc1=O. The van der Waals surface area contributed by atoms with E-state index in [4.69, 9.17) is 0 Å². The van der Waals surface area contributed by atoms with E-state index in [-0.39, 0.29) is 5.69 Å². The predicted octanol–water partition coefficient (Wildman–Crippen LogP) is 5.94. The van der Waals surface area contributed by atoms with Crippen LogP contribution in [0.4, 0.5) is 0 Å². The molecule has 0 spiro atoms. The first-order valence-electron chi connectivity index (χ1n) is 11.2. The Labute approximate surface area is 169 Å². The van der Waals surface area contributed by atoms with Crippen LogP contribution >= 0.6 is 0 Å². The van der Waals surface area contributed by atoms with E-state index in [2.05, 4.69) is 6.92 Å². The predicted molar refractivity (Wildman–Crippen MR) is 114 cm³/mol. The maximum atomic E-state index is 12.0. The van der Waals surface area contributed by atoms with Crippen molar-refractivity contribution in [2.75, 3.05) is 0 Å². The van der Waals surface area contributed by atoms with Gasteiger partial charge < -0.3 is 14.8 Å². The van der Waals surface area contributed by atoms with E-state index < -0.39 is 22.8 Å². The Morgan fingerprint density at radius 1 is 0.821 bits per heavy atom. The lowest BCUT2D eigenvalue weighted by molar-refractivity contribution is 0.0998. The molecule has 0 bridgehead atoms. The van der Waals surface area contributed by atoms with E-state index in [0.717, 1.165) is 25.3 Å². The standard InChI is InChI=1S/C23H39NO4/c1-3-4-5-6-7-8-9-10-11-12-13-14-15-16-17-24-21(27)18-20(26)23(28)22(24)19(2)25/h18,26,28H,3-17H2,1-2H3. The van der Waals surface area contributed by atoms with Crippen LogP contribution < -0.4 is 5.56 Å². The molecule has 5 heteroatoms. The maximum absolute atomic E-state index is 12.0. The maximum Gasteiger partial charge on any atom is 0.255 e.